The SMILES string of the molecule is Cl.O=C1O[C@H](CN2CCOCC2)CN1N=Cc1ccc([N+](=O)[O-])o1. The van der Waals surface area contributed by atoms with E-state index < -0.39 is 11.0 Å². The van der Waals surface area contributed by atoms with E-state index in [1.807, 2.05) is 0 Å². The van der Waals surface area contributed by atoms with Crippen LogP contribution in [0.15, 0.2) is 21.7 Å². The number of halogens is 1. The Morgan fingerprint density at radius 3 is 2.79 bits per heavy atom. The smallest absolute Gasteiger partial charge is 0.433 e. The molecule has 0 saturated carbocycles. The zero-order valence-electron chi connectivity index (χ0n) is 12.7. The normalized spacial score (nSPS) is 21.8. The molecular formula is C13H17ClN4O6. The Hall–Kier alpha value is -2.17. The summed E-state index contributed by atoms with van der Waals surface area (Å²) in [5.41, 5.74) is 0. The van der Waals surface area contributed by atoms with Gasteiger partial charge in [-0.25, -0.2) is 4.79 Å². The molecule has 2 aliphatic rings. The third kappa shape index (κ3) is 4.43. The summed E-state index contributed by atoms with van der Waals surface area (Å²) in [6.45, 7) is 3.95. The molecule has 0 aromatic carbocycles. The first-order chi connectivity index (χ1) is 11.1. The van der Waals surface area contributed by atoms with E-state index in [1.165, 1.54) is 23.4 Å². The van der Waals surface area contributed by atoms with Crippen LogP contribution in [0.2, 0.25) is 0 Å². The molecular weight excluding hydrogens is 344 g/mol. The monoisotopic (exact) mass is 360 g/mol. The molecule has 10 nitrogen and oxygen atoms in total. The van der Waals surface area contributed by atoms with E-state index in [4.69, 9.17) is 13.9 Å². The number of nitrogens with zero attached hydrogens (tertiary/aromatic N) is 4. The quantitative estimate of drug-likeness (QED) is 0.439. The predicted molar refractivity (Wildman–Crippen MR) is 84.4 cm³/mol. The van der Waals surface area contributed by atoms with Crippen LogP contribution < -0.4 is 0 Å². The Morgan fingerprint density at radius 2 is 2.12 bits per heavy atom. The lowest BCUT2D eigenvalue weighted by molar-refractivity contribution is -0.402. The molecule has 0 aliphatic carbocycles. The first-order valence-electron chi connectivity index (χ1n) is 7.18. The fraction of sp³-hybridized carbons (Fsp3) is 0.538. The van der Waals surface area contributed by atoms with Gasteiger partial charge < -0.3 is 13.9 Å². The summed E-state index contributed by atoms with van der Waals surface area (Å²) in [7, 11) is 0. The van der Waals surface area contributed by atoms with Crippen molar-refractivity contribution in [2.24, 2.45) is 5.10 Å². The fourth-order valence-corrected chi connectivity index (χ4v) is 2.41. The van der Waals surface area contributed by atoms with E-state index >= 15 is 0 Å². The number of carbonyl (C=O) groups excluding carboxylic acids is 1. The molecule has 0 bridgehead atoms. The Labute approximate surface area is 143 Å². The first kappa shape index (κ1) is 18.2. The minimum Gasteiger partial charge on any atom is -0.441 e. The van der Waals surface area contributed by atoms with Crippen LogP contribution in [0, 0.1) is 10.1 Å². The molecule has 2 aliphatic heterocycles. The number of morpholine rings is 1. The standard InChI is InChI=1S/C13H16N4O6.ClH/c18-13-16(14-7-10-1-2-12(22-10)17(19)20)9-11(23-13)8-15-3-5-21-6-4-15;/h1-2,7,11H,3-6,8-9H2;1H/t11-;/m1./s1. The zero-order valence-corrected chi connectivity index (χ0v) is 13.5. The van der Waals surface area contributed by atoms with Crippen LogP contribution in [-0.4, -0.2) is 72.6 Å². The number of carbonyl (C=O) groups is 1. The number of hydrogen-bond donors (Lipinski definition) is 0. The molecule has 1 aromatic heterocycles. The van der Waals surface area contributed by atoms with Crippen molar-refractivity contribution in [1.29, 1.82) is 0 Å². The van der Waals surface area contributed by atoms with Gasteiger partial charge in [-0.2, -0.15) is 10.1 Å². The van der Waals surface area contributed by atoms with Crippen LogP contribution in [0.25, 0.3) is 0 Å². The molecule has 3 heterocycles. The first-order valence-corrected chi connectivity index (χ1v) is 7.18. The van der Waals surface area contributed by atoms with Crippen molar-refractivity contribution in [1.82, 2.24) is 9.91 Å². The predicted octanol–water partition coefficient (Wildman–Crippen LogP) is 1.10. The number of ether oxygens (including phenoxy) is 2. The molecule has 2 fully saturated rings. The van der Waals surface area contributed by atoms with Crippen LogP contribution in [0.3, 0.4) is 0 Å². The summed E-state index contributed by atoms with van der Waals surface area (Å²) in [6.07, 6.45) is 0.454. The Morgan fingerprint density at radius 1 is 1.38 bits per heavy atom. The number of rotatable bonds is 5. The molecule has 0 N–H and O–H groups in total. The van der Waals surface area contributed by atoms with E-state index in [2.05, 4.69) is 10.0 Å². The lowest BCUT2D eigenvalue weighted by Crippen LogP contribution is -2.41. The minimum atomic E-state index is -0.639. The molecule has 132 valence electrons. The zero-order chi connectivity index (χ0) is 16.2. The third-order valence-corrected chi connectivity index (χ3v) is 3.54. The second-order valence-electron chi connectivity index (χ2n) is 5.18. The topological polar surface area (TPSA) is 111 Å². The number of nitro groups is 1. The molecule has 1 atom stereocenters. The van der Waals surface area contributed by atoms with Crippen LogP contribution in [0.1, 0.15) is 5.76 Å². The maximum Gasteiger partial charge on any atom is 0.433 e. The summed E-state index contributed by atoms with van der Waals surface area (Å²) < 4.78 is 15.5. The van der Waals surface area contributed by atoms with E-state index in [1.54, 1.807) is 0 Å². The maximum atomic E-state index is 11.8. The summed E-state index contributed by atoms with van der Waals surface area (Å²) in [5, 5.41) is 15.7. The second-order valence-corrected chi connectivity index (χ2v) is 5.18. The van der Waals surface area contributed by atoms with Crippen LogP contribution in [0.4, 0.5) is 10.7 Å². The fourth-order valence-electron chi connectivity index (χ4n) is 2.41. The van der Waals surface area contributed by atoms with Gasteiger partial charge in [0.25, 0.3) is 0 Å². The lowest BCUT2D eigenvalue weighted by Gasteiger charge is -2.27. The van der Waals surface area contributed by atoms with Gasteiger partial charge in [0, 0.05) is 19.6 Å². The van der Waals surface area contributed by atoms with Gasteiger partial charge in [0.2, 0.25) is 0 Å². The van der Waals surface area contributed by atoms with Crippen molar-refractivity contribution in [3.63, 3.8) is 0 Å². The highest BCUT2D eigenvalue weighted by Gasteiger charge is 2.32. The summed E-state index contributed by atoms with van der Waals surface area (Å²) >= 11 is 0. The maximum absolute atomic E-state index is 11.8. The molecule has 0 unspecified atom stereocenters. The van der Waals surface area contributed by atoms with E-state index in [-0.39, 0.29) is 30.2 Å². The average Bonchev–Trinajstić information content (AvgIpc) is 3.13. The molecule has 3 rings (SSSR count). The van der Waals surface area contributed by atoms with Crippen molar-refractivity contribution in [2.75, 3.05) is 39.4 Å². The van der Waals surface area contributed by atoms with E-state index in [0.29, 0.717) is 26.3 Å². The highest BCUT2D eigenvalue weighted by atomic mass is 35.5. The average molecular weight is 361 g/mol. The summed E-state index contributed by atoms with van der Waals surface area (Å²) in [5.74, 6) is -0.179. The van der Waals surface area contributed by atoms with Gasteiger partial charge in [0.15, 0.2) is 5.76 Å². The van der Waals surface area contributed by atoms with Crippen molar-refractivity contribution in [3.05, 3.63) is 28.0 Å². The van der Waals surface area contributed by atoms with Crippen molar-refractivity contribution in [2.45, 2.75) is 6.10 Å². The van der Waals surface area contributed by atoms with Gasteiger partial charge in [-0.05, 0) is 6.07 Å². The molecule has 0 spiro atoms. The van der Waals surface area contributed by atoms with Gasteiger partial charge in [0.05, 0.1) is 32.0 Å². The Balaban J connectivity index is 0.00000208. The number of amides is 1. The van der Waals surface area contributed by atoms with Gasteiger partial charge in [-0.3, -0.25) is 15.0 Å². The highest BCUT2D eigenvalue weighted by molar-refractivity contribution is 5.85. The minimum absolute atomic E-state index is 0. The lowest BCUT2D eigenvalue weighted by atomic mass is 10.3. The molecule has 1 amide bonds. The second kappa shape index (κ2) is 8.08. The summed E-state index contributed by atoms with van der Waals surface area (Å²) in [6, 6.07) is 2.64. The summed E-state index contributed by atoms with van der Waals surface area (Å²) in [4.78, 5) is 23.8. The third-order valence-electron chi connectivity index (χ3n) is 3.54. The van der Waals surface area contributed by atoms with Crippen molar-refractivity contribution < 1.29 is 23.6 Å². The number of hydrazone groups is 1. The van der Waals surface area contributed by atoms with E-state index in [9.17, 15) is 14.9 Å². The molecule has 24 heavy (non-hydrogen) atoms. The van der Waals surface area contributed by atoms with Gasteiger partial charge in [0.1, 0.15) is 11.0 Å². The van der Waals surface area contributed by atoms with Crippen LogP contribution in [0.5, 0.6) is 0 Å². The molecule has 1 aromatic rings. The molecule has 2 saturated heterocycles. The molecule has 0 radical (unpaired) electrons. The highest BCUT2D eigenvalue weighted by Crippen LogP contribution is 2.16. The Kier molecular flexibility index (Phi) is 6.12. The number of furan rings is 1. The van der Waals surface area contributed by atoms with Gasteiger partial charge in [-0.1, -0.05) is 0 Å². The van der Waals surface area contributed by atoms with Crippen LogP contribution >= 0.6 is 12.4 Å². The van der Waals surface area contributed by atoms with Crippen molar-refractivity contribution in [3.8, 4) is 0 Å². The number of hydrogen-bond acceptors (Lipinski definition) is 8. The van der Waals surface area contributed by atoms with Crippen molar-refractivity contribution >= 4 is 30.6 Å². The van der Waals surface area contributed by atoms with Crippen LogP contribution in [-0.2, 0) is 9.47 Å². The van der Waals surface area contributed by atoms with Gasteiger partial charge in [-0.15, -0.1) is 12.4 Å². The number of cyclic esters (lactones) is 1. The van der Waals surface area contributed by atoms with Gasteiger partial charge >= 0.3 is 12.0 Å². The Bertz CT molecular complexity index is 615. The molecule has 11 heteroatoms. The van der Waals surface area contributed by atoms with E-state index in [0.717, 1.165) is 13.1 Å². The largest absolute Gasteiger partial charge is 0.441 e.